The minimum atomic E-state index is 0.476. The Balaban J connectivity index is 2.12. The summed E-state index contributed by atoms with van der Waals surface area (Å²) in [7, 11) is 2.30. The molecule has 2 rings (SSSR count). The van der Waals surface area contributed by atoms with Crippen molar-refractivity contribution in [3.63, 3.8) is 0 Å². The highest BCUT2D eigenvalue weighted by atomic mass is 15.1. The van der Waals surface area contributed by atoms with Crippen LogP contribution in [0.5, 0.6) is 0 Å². The first kappa shape index (κ1) is 18.7. The van der Waals surface area contributed by atoms with Crippen molar-refractivity contribution in [2.75, 3.05) is 13.6 Å². The Hall–Kier alpha value is -1.60. The molecule has 130 valence electrons. The van der Waals surface area contributed by atoms with Gasteiger partial charge in [-0.2, -0.15) is 0 Å². The van der Waals surface area contributed by atoms with Crippen LogP contribution in [0.15, 0.2) is 60.7 Å². The van der Waals surface area contributed by atoms with Crippen LogP contribution in [-0.2, 0) is 0 Å². The van der Waals surface area contributed by atoms with Crippen molar-refractivity contribution in [2.24, 2.45) is 5.92 Å². The van der Waals surface area contributed by atoms with E-state index in [1.807, 2.05) is 0 Å². The summed E-state index contributed by atoms with van der Waals surface area (Å²) < 4.78 is 0. The largest absolute Gasteiger partial charge is 0.303 e. The van der Waals surface area contributed by atoms with Gasteiger partial charge in [0, 0.05) is 12.0 Å². The predicted octanol–water partition coefficient (Wildman–Crippen LogP) is 5.97. The summed E-state index contributed by atoms with van der Waals surface area (Å²) in [6, 6.07) is 22.6. The number of hydrogen-bond donors (Lipinski definition) is 0. The molecular weight excluding hydrogens is 290 g/mol. The van der Waals surface area contributed by atoms with Crippen LogP contribution in [0, 0.1) is 5.92 Å². The second-order valence-corrected chi connectivity index (χ2v) is 7.24. The van der Waals surface area contributed by atoms with E-state index in [1.165, 1.54) is 24.0 Å². The molecule has 0 spiro atoms. The zero-order chi connectivity index (χ0) is 17.4. The molecule has 0 bridgehead atoms. The number of hydrogen-bond acceptors (Lipinski definition) is 1. The average molecular weight is 324 g/mol. The van der Waals surface area contributed by atoms with Gasteiger partial charge >= 0.3 is 0 Å². The summed E-state index contributed by atoms with van der Waals surface area (Å²) in [4.78, 5) is 2.58. The molecule has 1 unspecified atom stereocenters. The Labute approximate surface area is 148 Å². The van der Waals surface area contributed by atoms with Gasteiger partial charge in [-0.3, -0.25) is 0 Å². The van der Waals surface area contributed by atoms with Crippen LogP contribution in [0.1, 0.15) is 57.1 Å². The summed E-state index contributed by atoms with van der Waals surface area (Å²) in [6.07, 6.45) is 3.71. The lowest BCUT2D eigenvalue weighted by atomic mass is 9.88. The molecule has 1 nitrogen and oxygen atoms in total. The fraction of sp³-hybridized carbons (Fsp3) is 0.478. The first-order valence-corrected chi connectivity index (χ1v) is 9.43. The molecule has 0 radical (unpaired) electrons. The molecule has 0 fully saturated rings. The highest BCUT2D eigenvalue weighted by molar-refractivity contribution is 5.32. The van der Waals surface area contributed by atoms with Crippen molar-refractivity contribution in [1.82, 2.24) is 4.90 Å². The third-order valence-corrected chi connectivity index (χ3v) is 5.09. The molecular formula is C23H33N. The number of rotatable bonds is 9. The van der Waals surface area contributed by atoms with E-state index in [9.17, 15) is 0 Å². The lowest BCUT2D eigenvalue weighted by Crippen LogP contribution is -2.37. The first-order chi connectivity index (χ1) is 11.6. The smallest absolute Gasteiger partial charge is 0.0115 e. The van der Waals surface area contributed by atoms with E-state index >= 15 is 0 Å². The molecule has 0 aliphatic heterocycles. The zero-order valence-corrected chi connectivity index (χ0v) is 15.8. The third kappa shape index (κ3) is 5.21. The second kappa shape index (κ2) is 9.64. The van der Waals surface area contributed by atoms with E-state index < -0.39 is 0 Å². The van der Waals surface area contributed by atoms with Crippen LogP contribution < -0.4 is 0 Å². The Morgan fingerprint density at radius 3 is 1.71 bits per heavy atom. The van der Waals surface area contributed by atoms with Crippen molar-refractivity contribution in [2.45, 2.75) is 52.0 Å². The Morgan fingerprint density at radius 2 is 1.29 bits per heavy atom. The summed E-state index contributed by atoms with van der Waals surface area (Å²) in [5, 5.41) is 0. The van der Waals surface area contributed by atoms with Gasteiger partial charge in [0.15, 0.2) is 0 Å². The van der Waals surface area contributed by atoms with Crippen LogP contribution in [0.2, 0.25) is 0 Å². The maximum atomic E-state index is 2.58. The zero-order valence-electron chi connectivity index (χ0n) is 15.8. The van der Waals surface area contributed by atoms with Crippen molar-refractivity contribution in [3.05, 3.63) is 71.8 Å². The minimum Gasteiger partial charge on any atom is -0.303 e. The second-order valence-electron chi connectivity index (χ2n) is 7.24. The van der Waals surface area contributed by atoms with Gasteiger partial charge in [-0.05, 0) is 43.5 Å². The fourth-order valence-corrected chi connectivity index (χ4v) is 3.75. The topological polar surface area (TPSA) is 3.24 Å². The van der Waals surface area contributed by atoms with Crippen LogP contribution in [-0.4, -0.2) is 24.5 Å². The molecule has 0 saturated heterocycles. The van der Waals surface area contributed by atoms with Gasteiger partial charge in [0.1, 0.15) is 0 Å². The standard InChI is InChI=1S/C23H33N/c1-5-12-23(19(2)3)24(4)18-17-22(20-13-8-6-9-14-20)21-15-10-7-11-16-21/h6-11,13-16,19,22-23H,5,12,17-18H2,1-4H3. The molecule has 1 atom stereocenters. The lowest BCUT2D eigenvalue weighted by Gasteiger charge is -2.32. The van der Waals surface area contributed by atoms with E-state index in [2.05, 4.69) is 93.4 Å². The van der Waals surface area contributed by atoms with Crippen LogP contribution >= 0.6 is 0 Å². The van der Waals surface area contributed by atoms with Gasteiger partial charge in [-0.25, -0.2) is 0 Å². The lowest BCUT2D eigenvalue weighted by molar-refractivity contribution is 0.176. The van der Waals surface area contributed by atoms with Crippen LogP contribution in [0.3, 0.4) is 0 Å². The van der Waals surface area contributed by atoms with E-state index in [-0.39, 0.29) is 0 Å². The van der Waals surface area contributed by atoms with E-state index in [0.717, 1.165) is 13.0 Å². The van der Waals surface area contributed by atoms with Gasteiger partial charge in [0.25, 0.3) is 0 Å². The molecule has 0 aliphatic rings. The monoisotopic (exact) mass is 323 g/mol. The summed E-state index contributed by atoms with van der Waals surface area (Å²) in [6.45, 7) is 8.13. The molecule has 0 amide bonds. The quantitative estimate of drug-likeness (QED) is 0.550. The summed E-state index contributed by atoms with van der Waals surface area (Å²) >= 11 is 0. The summed E-state index contributed by atoms with van der Waals surface area (Å²) in [5.74, 6) is 1.19. The van der Waals surface area contributed by atoms with E-state index in [1.54, 1.807) is 0 Å². The molecule has 0 heterocycles. The number of nitrogens with zero attached hydrogens (tertiary/aromatic N) is 1. The summed E-state index contributed by atoms with van der Waals surface area (Å²) in [5.41, 5.74) is 2.85. The third-order valence-electron chi connectivity index (χ3n) is 5.09. The van der Waals surface area contributed by atoms with Crippen LogP contribution in [0.25, 0.3) is 0 Å². The first-order valence-electron chi connectivity index (χ1n) is 9.43. The van der Waals surface area contributed by atoms with Gasteiger partial charge in [-0.1, -0.05) is 87.9 Å². The van der Waals surface area contributed by atoms with Crippen LogP contribution in [0.4, 0.5) is 0 Å². The molecule has 0 aliphatic carbocycles. The molecule has 0 aromatic heterocycles. The van der Waals surface area contributed by atoms with Crippen molar-refractivity contribution < 1.29 is 0 Å². The Bertz CT molecular complexity index is 522. The van der Waals surface area contributed by atoms with Gasteiger partial charge in [-0.15, -0.1) is 0 Å². The predicted molar refractivity (Wildman–Crippen MR) is 106 cm³/mol. The average Bonchev–Trinajstić information content (AvgIpc) is 2.61. The Kier molecular flexibility index (Phi) is 7.52. The fourth-order valence-electron chi connectivity index (χ4n) is 3.75. The highest BCUT2D eigenvalue weighted by Gasteiger charge is 2.20. The highest BCUT2D eigenvalue weighted by Crippen LogP contribution is 2.28. The minimum absolute atomic E-state index is 0.476. The van der Waals surface area contributed by atoms with Crippen molar-refractivity contribution >= 4 is 0 Å². The van der Waals surface area contributed by atoms with E-state index in [0.29, 0.717) is 17.9 Å². The van der Waals surface area contributed by atoms with Crippen molar-refractivity contribution in [3.8, 4) is 0 Å². The molecule has 1 heteroatoms. The number of benzene rings is 2. The van der Waals surface area contributed by atoms with E-state index in [4.69, 9.17) is 0 Å². The molecule has 0 saturated carbocycles. The van der Waals surface area contributed by atoms with Gasteiger partial charge in [0.2, 0.25) is 0 Å². The SMILES string of the molecule is CCCC(C(C)C)N(C)CCC(c1ccccc1)c1ccccc1. The van der Waals surface area contributed by atoms with Gasteiger partial charge in [0.05, 0.1) is 0 Å². The maximum Gasteiger partial charge on any atom is 0.0115 e. The maximum absolute atomic E-state index is 2.58. The molecule has 24 heavy (non-hydrogen) atoms. The molecule has 2 aromatic carbocycles. The van der Waals surface area contributed by atoms with Gasteiger partial charge < -0.3 is 4.90 Å². The van der Waals surface area contributed by atoms with Crippen molar-refractivity contribution in [1.29, 1.82) is 0 Å². The molecule has 0 N–H and O–H groups in total. The normalized spacial score (nSPS) is 13.0. The molecule has 2 aromatic rings. The Morgan fingerprint density at radius 1 is 0.792 bits per heavy atom.